The van der Waals surface area contributed by atoms with E-state index in [2.05, 4.69) is 4.99 Å². The molecule has 1 aliphatic heterocycles. The summed E-state index contributed by atoms with van der Waals surface area (Å²) < 4.78 is 22.1. The van der Waals surface area contributed by atoms with Crippen molar-refractivity contribution >= 4 is 34.8 Å². The van der Waals surface area contributed by atoms with Gasteiger partial charge in [-0.2, -0.15) is 0 Å². The summed E-state index contributed by atoms with van der Waals surface area (Å²) in [5.74, 6) is -8.76. The summed E-state index contributed by atoms with van der Waals surface area (Å²) >= 11 is 0. The van der Waals surface area contributed by atoms with E-state index in [1.165, 1.54) is 20.1 Å². The average Bonchev–Trinajstić information content (AvgIpc) is 3.15. The standard InChI is InChI=1S/C40H39NO15/c1-16-10-19-11-25(44)40(54-4)36(50)28-21(35(49)39(40,52)29(19)33(48)26(16)38(51)55-15-18-8-6-5-7-9-18)12-20-27(32(28)47)24(43)13-23(30(20)45)41-37-22(14-42)31(46)34(53-3)17(2)56-37/h5-10,12,17,22,25,31,34,37,42,44,46-48,52H,11,13-15H2,1-4H3/t17-,22+,25+,31-,34-,37-,39-,40+/m0/s1. The average molecular weight is 774 g/mol. The molecule has 0 bridgehead atoms. The molecule has 3 aromatic carbocycles. The Morgan fingerprint density at radius 3 is 2.32 bits per heavy atom. The molecule has 56 heavy (non-hydrogen) atoms. The maximum atomic E-state index is 14.8. The highest BCUT2D eigenvalue weighted by Crippen LogP contribution is 2.56. The van der Waals surface area contributed by atoms with E-state index in [0.29, 0.717) is 5.56 Å². The normalized spacial score (nSPS) is 30.4. The fraction of sp³-hybridized carbons (Fsp3) is 0.400. The number of phenolic OH excluding ortho intramolecular Hbond substituents is 2. The lowest BCUT2D eigenvalue weighted by Gasteiger charge is -2.52. The van der Waals surface area contributed by atoms with Gasteiger partial charge in [0.2, 0.25) is 17.3 Å². The number of esters is 1. The highest BCUT2D eigenvalue weighted by atomic mass is 16.6. The largest absolute Gasteiger partial charge is 0.507 e. The molecule has 294 valence electrons. The van der Waals surface area contributed by atoms with Gasteiger partial charge in [0.15, 0.2) is 23.2 Å². The van der Waals surface area contributed by atoms with Crippen LogP contribution >= 0.6 is 0 Å². The monoisotopic (exact) mass is 773 g/mol. The van der Waals surface area contributed by atoms with Gasteiger partial charge in [-0.25, -0.2) is 4.79 Å². The van der Waals surface area contributed by atoms with Crippen molar-refractivity contribution in [1.82, 2.24) is 0 Å². The van der Waals surface area contributed by atoms with Crippen molar-refractivity contribution in [2.24, 2.45) is 10.9 Å². The predicted octanol–water partition coefficient (Wildman–Crippen LogP) is 1.27. The number of nitrogens with zero attached hydrogens (tertiary/aromatic N) is 1. The molecule has 7 rings (SSSR count). The molecule has 0 radical (unpaired) electrons. The van der Waals surface area contributed by atoms with Gasteiger partial charge in [-0.15, -0.1) is 0 Å². The smallest absolute Gasteiger partial charge is 0.342 e. The Hall–Kier alpha value is -5.20. The van der Waals surface area contributed by atoms with Crippen molar-refractivity contribution in [3.8, 4) is 11.5 Å². The molecule has 1 fully saturated rings. The minimum Gasteiger partial charge on any atom is -0.507 e. The lowest BCUT2D eigenvalue weighted by molar-refractivity contribution is -0.206. The Morgan fingerprint density at radius 1 is 0.982 bits per heavy atom. The molecule has 16 heteroatoms. The number of aliphatic imine (C=N–C) groups is 1. The molecular weight excluding hydrogens is 734 g/mol. The fourth-order valence-electron chi connectivity index (χ4n) is 8.64. The van der Waals surface area contributed by atoms with Gasteiger partial charge >= 0.3 is 5.97 Å². The van der Waals surface area contributed by atoms with E-state index >= 15 is 0 Å². The number of fused-ring (bicyclic) bond motifs is 5. The van der Waals surface area contributed by atoms with Gasteiger partial charge in [0.05, 0.1) is 54.1 Å². The van der Waals surface area contributed by atoms with Crippen molar-refractivity contribution < 1.29 is 73.6 Å². The summed E-state index contributed by atoms with van der Waals surface area (Å²) in [6, 6.07) is 10.8. The van der Waals surface area contributed by atoms with E-state index < -0.39 is 147 Å². The number of aromatic hydroxyl groups is 2. The van der Waals surface area contributed by atoms with Gasteiger partial charge < -0.3 is 49.6 Å². The first-order valence-corrected chi connectivity index (χ1v) is 17.7. The first kappa shape index (κ1) is 39.1. The number of carbonyl (C=O) groups is 5. The van der Waals surface area contributed by atoms with Gasteiger partial charge in [-0.1, -0.05) is 36.4 Å². The van der Waals surface area contributed by atoms with Crippen LogP contribution in [0.25, 0.3) is 0 Å². The number of rotatable bonds is 7. The quantitative estimate of drug-likeness (QED) is 0.185. The number of hydrogen-bond acceptors (Lipinski definition) is 16. The van der Waals surface area contributed by atoms with Crippen LogP contribution < -0.4 is 0 Å². The Kier molecular flexibility index (Phi) is 9.81. The molecule has 16 nitrogen and oxygen atoms in total. The number of carbonyl (C=O) groups excluding carboxylic acids is 5. The van der Waals surface area contributed by atoms with E-state index in [1.54, 1.807) is 37.3 Å². The number of methoxy groups -OCH3 is 2. The molecule has 0 saturated carbocycles. The number of phenols is 2. The number of aliphatic hydroxyl groups excluding tert-OH is 3. The second-order valence-corrected chi connectivity index (χ2v) is 14.4. The van der Waals surface area contributed by atoms with Crippen LogP contribution in [-0.2, 0) is 37.6 Å². The maximum absolute atomic E-state index is 14.8. The van der Waals surface area contributed by atoms with Gasteiger partial charge in [0.1, 0.15) is 29.8 Å². The van der Waals surface area contributed by atoms with E-state index in [1.807, 2.05) is 0 Å². The molecule has 3 aliphatic carbocycles. The number of aliphatic hydroxyl groups is 4. The second kappa shape index (κ2) is 14.1. The summed E-state index contributed by atoms with van der Waals surface area (Å²) in [5, 5.41) is 68.5. The zero-order valence-corrected chi connectivity index (χ0v) is 30.6. The molecule has 0 unspecified atom stereocenters. The van der Waals surface area contributed by atoms with Gasteiger partial charge in [0, 0.05) is 37.3 Å². The lowest BCUT2D eigenvalue weighted by atomic mass is 9.56. The fourth-order valence-corrected chi connectivity index (χ4v) is 8.64. The van der Waals surface area contributed by atoms with Crippen LogP contribution in [0.3, 0.4) is 0 Å². The van der Waals surface area contributed by atoms with Crippen LogP contribution in [-0.4, -0.2) is 123 Å². The Morgan fingerprint density at radius 2 is 1.68 bits per heavy atom. The Labute approximate surface area is 318 Å². The molecule has 8 atom stereocenters. The SMILES string of the molecule is CO[C@@H]1[C@@H](O)[C@@H](CO)[C@@H](N=C2CC(=O)c3c(cc4c(c3O)C(=O)[C@]3(OC)[C@H](O)Cc5cc(C)c(C(=O)OCc6ccccc6)c(O)c5[C@]3(O)C4=O)C2=O)O[C@H]1C. The molecule has 4 aliphatic rings. The first-order chi connectivity index (χ1) is 26.6. The van der Waals surface area contributed by atoms with Crippen LogP contribution in [0.4, 0.5) is 0 Å². The summed E-state index contributed by atoms with van der Waals surface area (Å²) in [7, 11) is 2.26. The van der Waals surface area contributed by atoms with E-state index in [4.69, 9.17) is 18.9 Å². The van der Waals surface area contributed by atoms with Crippen LogP contribution in [0.2, 0.25) is 0 Å². The first-order valence-electron chi connectivity index (χ1n) is 17.7. The van der Waals surface area contributed by atoms with Crippen molar-refractivity contribution in [3.63, 3.8) is 0 Å². The third-order valence-electron chi connectivity index (χ3n) is 11.4. The molecule has 0 amide bonds. The minimum absolute atomic E-state index is 0.0206. The zero-order chi connectivity index (χ0) is 40.6. The summed E-state index contributed by atoms with van der Waals surface area (Å²) in [6.07, 6.45) is -7.35. The molecular formula is C40H39NO15. The number of ether oxygens (including phenoxy) is 4. The second-order valence-electron chi connectivity index (χ2n) is 14.4. The molecule has 0 spiro atoms. The summed E-state index contributed by atoms with van der Waals surface area (Å²) in [6.45, 7) is 2.20. The summed E-state index contributed by atoms with van der Waals surface area (Å²) in [4.78, 5) is 74.9. The number of aryl methyl sites for hydroxylation is 1. The molecule has 3 aromatic rings. The van der Waals surface area contributed by atoms with Crippen LogP contribution in [0.1, 0.15) is 87.4 Å². The van der Waals surface area contributed by atoms with Crippen LogP contribution in [0.5, 0.6) is 11.5 Å². The van der Waals surface area contributed by atoms with E-state index in [0.717, 1.165) is 13.2 Å². The van der Waals surface area contributed by atoms with Gasteiger partial charge in [0.25, 0.3) is 0 Å². The zero-order valence-electron chi connectivity index (χ0n) is 30.6. The maximum Gasteiger partial charge on any atom is 0.342 e. The number of benzene rings is 3. The number of Topliss-reactive ketones (excluding diaryl/α,β-unsaturated/α-hetero) is 4. The third kappa shape index (κ3) is 5.39. The van der Waals surface area contributed by atoms with Crippen LogP contribution in [0.15, 0.2) is 47.5 Å². The minimum atomic E-state index is -3.28. The molecule has 1 heterocycles. The Balaban J connectivity index is 1.36. The predicted molar refractivity (Wildman–Crippen MR) is 191 cm³/mol. The topological polar surface area (TPSA) is 256 Å². The van der Waals surface area contributed by atoms with E-state index in [9.17, 15) is 54.6 Å². The van der Waals surface area contributed by atoms with Gasteiger partial charge in [-0.05, 0) is 36.6 Å². The third-order valence-corrected chi connectivity index (χ3v) is 11.4. The molecule has 1 saturated heterocycles. The van der Waals surface area contributed by atoms with Gasteiger partial charge in [-0.3, -0.25) is 24.2 Å². The van der Waals surface area contributed by atoms with Crippen LogP contribution in [0, 0.1) is 12.8 Å². The Bertz CT molecular complexity index is 2230. The molecule has 0 aromatic heterocycles. The summed E-state index contributed by atoms with van der Waals surface area (Å²) in [5.41, 5.74) is -9.73. The van der Waals surface area contributed by atoms with Crippen molar-refractivity contribution in [2.45, 2.75) is 75.1 Å². The number of hydrogen-bond donors (Lipinski definition) is 6. The highest BCUT2D eigenvalue weighted by Gasteiger charge is 2.72. The van der Waals surface area contributed by atoms with Crippen molar-refractivity contribution in [2.75, 3.05) is 20.8 Å². The molecule has 6 N–H and O–H groups in total. The lowest BCUT2D eigenvalue weighted by Crippen LogP contribution is -2.73. The van der Waals surface area contributed by atoms with Crippen molar-refractivity contribution in [1.29, 1.82) is 0 Å². The number of ketones is 4. The van der Waals surface area contributed by atoms with E-state index in [-0.39, 0.29) is 17.7 Å². The van der Waals surface area contributed by atoms with Crippen molar-refractivity contribution in [3.05, 3.63) is 92.5 Å². The highest BCUT2D eigenvalue weighted by molar-refractivity contribution is 6.53.